The van der Waals surface area contributed by atoms with Crippen LogP contribution in [0.4, 0.5) is 5.69 Å². The van der Waals surface area contributed by atoms with Crippen molar-refractivity contribution in [1.82, 2.24) is 9.55 Å². The summed E-state index contributed by atoms with van der Waals surface area (Å²) in [7, 11) is 1.73. The molecule has 0 saturated heterocycles. The van der Waals surface area contributed by atoms with E-state index in [9.17, 15) is 4.79 Å². The Morgan fingerprint density at radius 3 is 2.52 bits per heavy atom. The Hall–Kier alpha value is -2.01. The van der Waals surface area contributed by atoms with Gasteiger partial charge in [0.1, 0.15) is 0 Å². The predicted molar refractivity (Wildman–Crippen MR) is 85.2 cm³/mol. The van der Waals surface area contributed by atoms with Crippen molar-refractivity contribution in [3.8, 4) is 5.69 Å². The molecule has 2 rings (SSSR count). The van der Waals surface area contributed by atoms with Gasteiger partial charge in [-0.25, -0.2) is 4.79 Å². The van der Waals surface area contributed by atoms with Crippen molar-refractivity contribution in [2.45, 2.75) is 38.8 Å². The second kappa shape index (κ2) is 6.18. The molecule has 5 nitrogen and oxygen atoms in total. The van der Waals surface area contributed by atoms with Crippen molar-refractivity contribution in [3.05, 3.63) is 47.1 Å². The van der Waals surface area contributed by atoms with Gasteiger partial charge in [-0.2, -0.15) is 0 Å². The SMILES string of the molecule is COC(C)(C)CC(C)Nc1ccc(-n2cc[nH]c2=O)cc1. The maximum atomic E-state index is 11.5. The van der Waals surface area contributed by atoms with Gasteiger partial charge in [-0.05, 0) is 51.5 Å². The van der Waals surface area contributed by atoms with Crippen molar-refractivity contribution in [3.63, 3.8) is 0 Å². The summed E-state index contributed by atoms with van der Waals surface area (Å²) >= 11 is 0. The maximum absolute atomic E-state index is 11.5. The van der Waals surface area contributed by atoms with Gasteiger partial charge >= 0.3 is 5.69 Å². The first kappa shape index (κ1) is 15.4. The van der Waals surface area contributed by atoms with E-state index < -0.39 is 0 Å². The number of methoxy groups -OCH3 is 1. The minimum absolute atomic E-state index is 0.133. The highest BCUT2D eigenvalue weighted by Crippen LogP contribution is 2.19. The normalized spacial score (nSPS) is 13.1. The third-order valence-corrected chi connectivity index (χ3v) is 3.56. The molecule has 2 N–H and O–H groups in total. The van der Waals surface area contributed by atoms with Gasteiger partial charge in [0.25, 0.3) is 0 Å². The summed E-state index contributed by atoms with van der Waals surface area (Å²) in [6.07, 6.45) is 4.25. The van der Waals surface area contributed by atoms with E-state index in [1.54, 1.807) is 24.1 Å². The van der Waals surface area contributed by atoms with Crippen LogP contribution < -0.4 is 11.0 Å². The molecule has 0 saturated carbocycles. The number of nitrogens with one attached hydrogen (secondary N) is 2. The van der Waals surface area contributed by atoms with E-state index in [1.165, 1.54) is 0 Å². The predicted octanol–water partition coefficient (Wildman–Crippen LogP) is 2.78. The Morgan fingerprint density at radius 2 is 2.00 bits per heavy atom. The lowest BCUT2D eigenvalue weighted by atomic mass is 10.00. The van der Waals surface area contributed by atoms with Gasteiger partial charge in [-0.15, -0.1) is 0 Å². The van der Waals surface area contributed by atoms with Crippen LogP contribution in [-0.4, -0.2) is 28.3 Å². The van der Waals surface area contributed by atoms with E-state index in [1.807, 2.05) is 24.3 Å². The van der Waals surface area contributed by atoms with Gasteiger partial charge in [0.05, 0.1) is 11.3 Å². The highest BCUT2D eigenvalue weighted by molar-refractivity contribution is 5.49. The van der Waals surface area contributed by atoms with Gasteiger partial charge in [-0.3, -0.25) is 4.57 Å². The first-order valence-electron chi connectivity index (χ1n) is 7.09. The second-order valence-corrected chi connectivity index (χ2v) is 5.90. The van der Waals surface area contributed by atoms with Crippen LogP contribution in [0.5, 0.6) is 0 Å². The number of anilines is 1. The number of aromatic nitrogens is 2. The lowest BCUT2D eigenvalue weighted by Gasteiger charge is -2.27. The molecule has 1 aromatic carbocycles. The van der Waals surface area contributed by atoms with Crippen LogP contribution in [0.2, 0.25) is 0 Å². The third kappa shape index (κ3) is 3.98. The number of imidazole rings is 1. The third-order valence-electron chi connectivity index (χ3n) is 3.56. The lowest BCUT2D eigenvalue weighted by molar-refractivity contribution is 0.0128. The minimum Gasteiger partial charge on any atom is -0.382 e. The molecular formula is C16H23N3O2. The molecule has 0 fully saturated rings. The van der Waals surface area contributed by atoms with Crippen LogP contribution in [0.25, 0.3) is 5.69 Å². The zero-order valence-corrected chi connectivity index (χ0v) is 13.0. The molecule has 2 aromatic rings. The van der Waals surface area contributed by atoms with E-state index in [0.29, 0.717) is 6.04 Å². The fourth-order valence-electron chi connectivity index (χ4n) is 2.40. The minimum atomic E-state index is -0.148. The number of hydrogen-bond acceptors (Lipinski definition) is 3. The molecule has 0 aliphatic heterocycles. The molecule has 0 aliphatic carbocycles. The van der Waals surface area contributed by atoms with Gasteiger partial charge in [0, 0.05) is 31.2 Å². The lowest BCUT2D eigenvalue weighted by Crippen LogP contribution is -2.31. The van der Waals surface area contributed by atoms with Gasteiger partial charge in [0.2, 0.25) is 0 Å². The summed E-state index contributed by atoms with van der Waals surface area (Å²) in [5.74, 6) is 0. The molecular weight excluding hydrogens is 266 g/mol. The second-order valence-electron chi connectivity index (χ2n) is 5.90. The molecule has 1 heterocycles. The quantitative estimate of drug-likeness (QED) is 0.859. The average Bonchev–Trinajstić information content (AvgIpc) is 2.85. The van der Waals surface area contributed by atoms with Crippen LogP contribution in [-0.2, 0) is 4.74 Å². The summed E-state index contributed by atoms with van der Waals surface area (Å²) in [6.45, 7) is 6.28. The van der Waals surface area contributed by atoms with Gasteiger partial charge < -0.3 is 15.0 Å². The van der Waals surface area contributed by atoms with E-state index in [2.05, 4.69) is 31.1 Å². The molecule has 1 atom stereocenters. The standard InChI is InChI=1S/C16H23N3O2/c1-12(11-16(2,3)21-4)18-13-5-7-14(8-6-13)19-10-9-17-15(19)20/h5-10,12,18H,11H2,1-4H3,(H,17,20). The van der Waals surface area contributed by atoms with Crippen LogP contribution in [0.15, 0.2) is 41.5 Å². The van der Waals surface area contributed by atoms with E-state index in [0.717, 1.165) is 17.8 Å². The summed E-state index contributed by atoms with van der Waals surface area (Å²) in [6, 6.07) is 8.09. The van der Waals surface area contributed by atoms with Gasteiger partial charge in [-0.1, -0.05) is 0 Å². The Balaban J connectivity index is 2.03. The Labute approximate surface area is 125 Å². The Bertz CT molecular complexity index is 625. The average molecular weight is 289 g/mol. The smallest absolute Gasteiger partial charge is 0.330 e. The van der Waals surface area contributed by atoms with Crippen LogP contribution in [0.1, 0.15) is 27.2 Å². The first-order chi connectivity index (χ1) is 9.91. The molecule has 21 heavy (non-hydrogen) atoms. The molecule has 1 aromatic heterocycles. The van der Waals surface area contributed by atoms with Gasteiger partial charge in [0.15, 0.2) is 0 Å². The highest BCUT2D eigenvalue weighted by atomic mass is 16.5. The molecule has 114 valence electrons. The summed E-state index contributed by atoms with van der Waals surface area (Å²) < 4.78 is 7.02. The monoisotopic (exact) mass is 289 g/mol. The van der Waals surface area contributed by atoms with Crippen molar-refractivity contribution in [2.75, 3.05) is 12.4 Å². The number of H-pyrrole nitrogens is 1. The topological polar surface area (TPSA) is 59.0 Å². The molecule has 1 unspecified atom stereocenters. The van der Waals surface area contributed by atoms with Crippen molar-refractivity contribution in [2.24, 2.45) is 0 Å². The molecule has 0 bridgehead atoms. The Morgan fingerprint density at radius 1 is 1.33 bits per heavy atom. The fraction of sp³-hybridized carbons (Fsp3) is 0.438. The highest BCUT2D eigenvalue weighted by Gasteiger charge is 2.19. The van der Waals surface area contributed by atoms with Crippen molar-refractivity contribution < 1.29 is 4.74 Å². The zero-order valence-electron chi connectivity index (χ0n) is 13.0. The molecule has 0 aliphatic rings. The van der Waals surface area contributed by atoms with E-state index >= 15 is 0 Å². The number of aromatic amines is 1. The van der Waals surface area contributed by atoms with Crippen molar-refractivity contribution in [1.29, 1.82) is 0 Å². The van der Waals surface area contributed by atoms with Crippen LogP contribution in [0, 0.1) is 0 Å². The molecule has 5 heteroatoms. The molecule has 0 amide bonds. The Kier molecular flexibility index (Phi) is 4.53. The van der Waals surface area contributed by atoms with Crippen molar-refractivity contribution >= 4 is 5.69 Å². The largest absolute Gasteiger partial charge is 0.382 e. The van der Waals surface area contributed by atoms with E-state index in [4.69, 9.17) is 4.74 Å². The number of benzene rings is 1. The van der Waals surface area contributed by atoms with Crippen LogP contribution >= 0.6 is 0 Å². The molecule has 0 spiro atoms. The summed E-state index contributed by atoms with van der Waals surface area (Å²) in [5, 5.41) is 3.44. The van der Waals surface area contributed by atoms with Crippen LogP contribution in [0.3, 0.4) is 0 Å². The number of hydrogen-bond donors (Lipinski definition) is 2. The molecule has 0 radical (unpaired) electrons. The summed E-state index contributed by atoms with van der Waals surface area (Å²) in [5.41, 5.74) is 1.59. The number of ether oxygens (including phenoxy) is 1. The first-order valence-corrected chi connectivity index (χ1v) is 7.09. The van der Waals surface area contributed by atoms with E-state index in [-0.39, 0.29) is 11.3 Å². The maximum Gasteiger partial charge on any atom is 0.330 e. The number of rotatable bonds is 6. The fourth-order valence-corrected chi connectivity index (χ4v) is 2.40. The summed E-state index contributed by atoms with van der Waals surface area (Å²) in [4.78, 5) is 14.2. The number of nitrogens with zero attached hydrogens (tertiary/aromatic N) is 1. The zero-order chi connectivity index (χ0) is 15.5.